The lowest BCUT2D eigenvalue weighted by atomic mass is 10.2. The van der Waals surface area contributed by atoms with Gasteiger partial charge in [-0.3, -0.25) is 9.99 Å². The SMILES string of the molecule is NNc1nc(N)c2ncn([C@@H]3O[C@H](CO)[C@@H](I)[C@H]3O)c2n1. The highest BCUT2D eigenvalue weighted by atomic mass is 127. The van der Waals surface area contributed by atoms with Crippen LogP contribution < -0.4 is 17.0 Å². The Hall–Kier alpha value is -1.28. The van der Waals surface area contributed by atoms with Gasteiger partial charge in [0, 0.05) is 0 Å². The Morgan fingerprint density at radius 1 is 1.48 bits per heavy atom. The summed E-state index contributed by atoms with van der Waals surface area (Å²) >= 11 is 2.05. The van der Waals surface area contributed by atoms with Gasteiger partial charge in [-0.05, 0) is 0 Å². The molecular weight excluding hydrogens is 393 g/mol. The molecule has 3 rings (SSSR count). The number of fused-ring (bicyclic) bond motifs is 1. The molecule has 11 heteroatoms. The van der Waals surface area contributed by atoms with Crippen molar-refractivity contribution in [1.29, 1.82) is 0 Å². The maximum atomic E-state index is 10.3. The van der Waals surface area contributed by atoms with E-state index in [1.54, 1.807) is 4.57 Å². The standard InChI is InChI=1S/C10H14IN7O3/c11-4-3(1-19)21-9(6(4)20)18-2-14-5-7(12)15-10(17-13)16-8(5)18/h2-4,6,9,19-20H,1,13H2,(H3,12,15,16,17)/t3-,4-,6-,9-/m1/s1. The van der Waals surface area contributed by atoms with E-state index >= 15 is 0 Å². The lowest BCUT2D eigenvalue weighted by molar-refractivity contribution is -0.0485. The highest BCUT2D eigenvalue weighted by Gasteiger charge is 2.43. The zero-order chi connectivity index (χ0) is 15.1. The first-order valence-corrected chi connectivity index (χ1v) is 7.36. The van der Waals surface area contributed by atoms with Crippen molar-refractivity contribution >= 4 is 45.5 Å². The van der Waals surface area contributed by atoms with E-state index in [1.807, 2.05) is 22.6 Å². The molecule has 0 aliphatic carbocycles. The fourth-order valence-electron chi connectivity index (χ4n) is 2.27. The summed E-state index contributed by atoms with van der Waals surface area (Å²) in [5.41, 5.74) is 8.89. The summed E-state index contributed by atoms with van der Waals surface area (Å²) in [4.78, 5) is 12.3. The largest absolute Gasteiger partial charge is 0.394 e. The third-order valence-corrected chi connectivity index (χ3v) is 4.86. The molecule has 1 fully saturated rings. The minimum atomic E-state index is -0.814. The molecule has 0 unspecified atom stereocenters. The molecule has 1 saturated heterocycles. The van der Waals surface area contributed by atoms with Crippen molar-refractivity contribution in [3.05, 3.63) is 6.33 Å². The average Bonchev–Trinajstić information content (AvgIpc) is 3.02. The molecule has 0 radical (unpaired) electrons. The number of nitrogens with one attached hydrogen (secondary N) is 1. The number of nitrogens with two attached hydrogens (primary N) is 2. The number of nitrogen functional groups attached to an aromatic ring is 2. The third kappa shape index (κ3) is 2.30. The zero-order valence-electron chi connectivity index (χ0n) is 10.7. The second-order valence-corrected chi connectivity index (χ2v) is 6.02. The predicted molar refractivity (Wildman–Crippen MR) is 82.4 cm³/mol. The number of halogens is 1. The molecule has 114 valence electrons. The minimum absolute atomic E-state index is 0.138. The number of alkyl halides is 1. The van der Waals surface area contributed by atoms with Crippen LogP contribution in [0.15, 0.2) is 6.33 Å². The molecule has 0 spiro atoms. The van der Waals surface area contributed by atoms with E-state index in [0.29, 0.717) is 11.2 Å². The molecule has 2 aromatic rings. The molecule has 7 N–H and O–H groups in total. The first-order valence-electron chi connectivity index (χ1n) is 6.12. The van der Waals surface area contributed by atoms with Gasteiger partial charge in [-0.1, -0.05) is 22.6 Å². The lowest BCUT2D eigenvalue weighted by Gasteiger charge is -2.16. The molecule has 3 heterocycles. The fourth-order valence-corrected chi connectivity index (χ4v) is 3.03. The van der Waals surface area contributed by atoms with E-state index in [0.717, 1.165) is 0 Å². The minimum Gasteiger partial charge on any atom is -0.394 e. The van der Waals surface area contributed by atoms with Gasteiger partial charge < -0.3 is 20.7 Å². The number of anilines is 2. The number of hydrogen-bond donors (Lipinski definition) is 5. The highest BCUT2D eigenvalue weighted by Crippen LogP contribution is 2.35. The molecular formula is C10H14IN7O3. The summed E-state index contributed by atoms with van der Waals surface area (Å²) in [5.74, 6) is 5.61. The van der Waals surface area contributed by atoms with E-state index < -0.39 is 18.4 Å². The Kier molecular flexibility index (Phi) is 3.83. The second kappa shape index (κ2) is 5.49. The summed E-state index contributed by atoms with van der Waals surface area (Å²) in [6.07, 6.45) is -0.526. The molecule has 1 aliphatic heterocycles. The van der Waals surface area contributed by atoms with Crippen molar-refractivity contribution in [3.63, 3.8) is 0 Å². The molecule has 21 heavy (non-hydrogen) atoms. The van der Waals surface area contributed by atoms with Gasteiger partial charge in [0.25, 0.3) is 0 Å². The van der Waals surface area contributed by atoms with Crippen molar-refractivity contribution in [2.75, 3.05) is 17.8 Å². The molecule has 4 atom stereocenters. The molecule has 0 bridgehead atoms. The monoisotopic (exact) mass is 407 g/mol. The normalized spacial score (nSPS) is 29.1. The number of ether oxygens (including phenoxy) is 1. The third-order valence-electron chi connectivity index (χ3n) is 3.32. The molecule has 10 nitrogen and oxygen atoms in total. The summed E-state index contributed by atoms with van der Waals surface area (Å²) in [6.45, 7) is -0.180. The van der Waals surface area contributed by atoms with Crippen molar-refractivity contribution in [2.45, 2.75) is 22.4 Å². The van der Waals surface area contributed by atoms with Crippen molar-refractivity contribution in [3.8, 4) is 0 Å². The Balaban J connectivity index is 2.07. The van der Waals surface area contributed by atoms with Crippen LogP contribution in [0.3, 0.4) is 0 Å². The van der Waals surface area contributed by atoms with Crippen LogP contribution in [0.1, 0.15) is 6.23 Å². The van der Waals surface area contributed by atoms with Gasteiger partial charge in [0.15, 0.2) is 17.7 Å². The smallest absolute Gasteiger partial charge is 0.241 e. The maximum Gasteiger partial charge on any atom is 0.241 e. The van der Waals surface area contributed by atoms with Crippen LogP contribution >= 0.6 is 22.6 Å². The molecule has 2 aromatic heterocycles. The predicted octanol–water partition coefficient (Wildman–Crippen LogP) is -1.25. The van der Waals surface area contributed by atoms with Gasteiger partial charge in [0.2, 0.25) is 5.95 Å². The topological polar surface area (TPSA) is 157 Å². The first-order chi connectivity index (χ1) is 10.1. The lowest BCUT2D eigenvalue weighted by Crippen LogP contribution is -2.28. The number of aliphatic hydroxyl groups is 2. The van der Waals surface area contributed by atoms with E-state index in [2.05, 4.69) is 20.4 Å². The maximum absolute atomic E-state index is 10.3. The van der Waals surface area contributed by atoms with E-state index in [1.165, 1.54) is 6.33 Å². The number of nitrogens with zero attached hydrogens (tertiary/aromatic N) is 4. The van der Waals surface area contributed by atoms with Gasteiger partial charge >= 0.3 is 0 Å². The second-order valence-electron chi connectivity index (χ2n) is 4.58. The number of hydrazine groups is 1. The number of imidazole rings is 1. The number of aromatic nitrogens is 4. The van der Waals surface area contributed by atoms with Crippen LogP contribution in [0.4, 0.5) is 11.8 Å². The fraction of sp³-hybridized carbons (Fsp3) is 0.500. The number of aliphatic hydroxyl groups excluding tert-OH is 2. The van der Waals surface area contributed by atoms with Crippen LogP contribution in [-0.4, -0.2) is 52.5 Å². The first kappa shape index (κ1) is 14.6. The van der Waals surface area contributed by atoms with E-state index in [4.69, 9.17) is 16.3 Å². The Morgan fingerprint density at radius 3 is 2.86 bits per heavy atom. The number of rotatable bonds is 3. The van der Waals surface area contributed by atoms with Crippen LogP contribution in [0, 0.1) is 0 Å². The van der Waals surface area contributed by atoms with Gasteiger partial charge in [-0.25, -0.2) is 10.8 Å². The van der Waals surface area contributed by atoms with Crippen molar-refractivity contribution < 1.29 is 14.9 Å². The van der Waals surface area contributed by atoms with Crippen molar-refractivity contribution in [1.82, 2.24) is 19.5 Å². The summed E-state index contributed by atoms with van der Waals surface area (Å²) in [6, 6.07) is 0. The summed E-state index contributed by atoms with van der Waals surface area (Å²) < 4.78 is 6.97. The average molecular weight is 407 g/mol. The van der Waals surface area contributed by atoms with E-state index in [-0.39, 0.29) is 22.3 Å². The molecule has 0 amide bonds. The molecule has 0 aromatic carbocycles. The zero-order valence-corrected chi connectivity index (χ0v) is 12.9. The molecule has 1 aliphatic rings. The van der Waals surface area contributed by atoms with Gasteiger partial charge in [-0.2, -0.15) is 9.97 Å². The van der Waals surface area contributed by atoms with Gasteiger partial charge in [0.05, 0.1) is 23.0 Å². The highest BCUT2D eigenvalue weighted by molar-refractivity contribution is 14.1. The number of hydrogen-bond acceptors (Lipinski definition) is 9. The van der Waals surface area contributed by atoms with Crippen LogP contribution in [0.2, 0.25) is 0 Å². The quantitative estimate of drug-likeness (QED) is 0.181. The van der Waals surface area contributed by atoms with Crippen LogP contribution in [-0.2, 0) is 4.74 Å². The van der Waals surface area contributed by atoms with E-state index in [9.17, 15) is 10.2 Å². The van der Waals surface area contributed by atoms with Gasteiger partial charge in [0.1, 0.15) is 11.6 Å². The van der Waals surface area contributed by atoms with Crippen molar-refractivity contribution in [2.24, 2.45) is 5.84 Å². The Bertz CT molecular complexity index is 665. The van der Waals surface area contributed by atoms with Crippen LogP contribution in [0.5, 0.6) is 0 Å². The summed E-state index contributed by atoms with van der Waals surface area (Å²) in [7, 11) is 0. The summed E-state index contributed by atoms with van der Waals surface area (Å²) in [5, 5.41) is 19.5. The Morgan fingerprint density at radius 2 is 2.24 bits per heavy atom. The molecule has 0 saturated carbocycles. The van der Waals surface area contributed by atoms with Gasteiger partial charge in [-0.15, -0.1) is 0 Å². The Labute approximate surface area is 132 Å². The van der Waals surface area contributed by atoms with Crippen LogP contribution in [0.25, 0.3) is 11.2 Å².